The topological polar surface area (TPSA) is 38.8 Å². The van der Waals surface area contributed by atoms with Gasteiger partial charge in [0, 0.05) is 5.56 Å². The van der Waals surface area contributed by atoms with Gasteiger partial charge in [-0.25, -0.2) is 0 Å². The molecule has 1 aromatic rings. The van der Waals surface area contributed by atoms with E-state index in [0.717, 1.165) is 19.4 Å². The number of likely N-dealkylation sites (N-methyl/N-ethyl adjacent to an activating group) is 1. The maximum Gasteiger partial charge on any atom is 0.231 e. The van der Waals surface area contributed by atoms with Crippen molar-refractivity contribution in [3.63, 3.8) is 0 Å². The van der Waals surface area contributed by atoms with Crippen LogP contribution in [0.3, 0.4) is 0 Å². The normalized spacial score (nSPS) is 13.1. The van der Waals surface area contributed by atoms with E-state index < -0.39 is 0 Å². The Hall–Kier alpha value is -1.55. The Morgan fingerprint density at radius 1 is 1.33 bits per heavy atom. The summed E-state index contributed by atoms with van der Waals surface area (Å²) in [7, 11) is 1.97. The van der Waals surface area contributed by atoms with Gasteiger partial charge in [0.1, 0.15) is 0 Å². The predicted octanol–water partition coefficient (Wildman–Crippen LogP) is 2.33. The van der Waals surface area contributed by atoms with E-state index in [0.29, 0.717) is 23.6 Å². The molecule has 1 heterocycles. The van der Waals surface area contributed by atoms with Crippen molar-refractivity contribution < 1.29 is 14.3 Å². The van der Waals surface area contributed by atoms with Gasteiger partial charge in [0.15, 0.2) is 17.3 Å². The number of ketones is 1. The zero-order chi connectivity index (χ0) is 13.0. The van der Waals surface area contributed by atoms with Crippen LogP contribution in [0.4, 0.5) is 0 Å². The first kappa shape index (κ1) is 12.9. The molecule has 4 nitrogen and oxygen atoms in total. The molecule has 0 fully saturated rings. The van der Waals surface area contributed by atoms with Crippen molar-refractivity contribution >= 4 is 5.78 Å². The molecule has 4 heteroatoms. The number of nitrogens with zero attached hydrogens (tertiary/aromatic N) is 1. The summed E-state index contributed by atoms with van der Waals surface area (Å²) in [5.41, 5.74) is 0.683. The number of fused-ring (bicyclic) bond motifs is 1. The molecule has 98 valence electrons. The second-order valence-corrected chi connectivity index (χ2v) is 4.58. The van der Waals surface area contributed by atoms with E-state index in [4.69, 9.17) is 9.47 Å². The first-order chi connectivity index (χ1) is 8.70. The van der Waals surface area contributed by atoms with Crippen LogP contribution in [0.15, 0.2) is 18.2 Å². The van der Waals surface area contributed by atoms with Crippen LogP contribution in [0, 0.1) is 0 Å². The maximum atomic E-state index is 12.1. The number of hydrogen-bond donors (Lipinski definition) is 0. The molecule has 18 heavy (non-hydrogen) atoms. The highest BCUT2D eigenvalue weighted by Crippen LogP contribution is 2.32. The van der Waals surface area contributed by atoms with Gasteiger partial charge in [-0.1, -0.05) is 13.3 Å². The maximum absolute atomic E-state index is 12.1. The first-order valence-corrected chi connectivity index (χ1v) is 6.32. The largest absolute Gasteiger partial charge is 0.454 e. The SMILES string of the molecule is CCCCN(C)CC(=O)c1ccc2c(c1)OCO2. The van der Waals surface area contributed by atoms with Crippen molar-refractivity contribution in [1.29, 1.82) is 0 Å². The molecule has 0 spiro atoms. The number of carbonyl (C=O) groups is 1. The number of benzene rings is 1. The van der Waals surface area contributed by atoms with Crippen molar-refractivity contribution in [3.05, 3.63) is 23.8 Å². The minimum absolute atomic E-state index is 0.118. The van der Waals surface area contributed by atoms with E-state index in [9.17, 15) is 4.79 Å². The van der Waals surface area contributed by atoms with Crippen LogP contribution in [0.5, 0.6) is 11.5 Å². The fourth-order valence-electron chi connectivity index (χ4n) is 1.91. The molecule has 1 aromatic carbocycles. The smallest absolute Gasteiger partial charge is 0.231 e. The van der Waals surface area contributed by atoms with Crippen molar-refractivity contribution in [2.45, 2.75) is 19.8 Å². The molecule has 2 rings (SSSR count). The lowest BCUT2D eigenvalue weighted by Crippen LogP contribution is -2.26. The Labute approximate surface area is 107 Å². The van der Waals surface area contributed by atoms with E-state index in [-0.39, 0.29) is 12.6 Å². The Morgan fingerprint density at radius 2 is 2.11 bits per heavy atom. The lowest BCUT2D eigenvalue weighted by atomic mass is 10.1. The fourth-order valence-corrected chi connectivity index (χ4v) is 1.91. The number of Topliss-reactive ketones (excluding diaryl/α,β-unsaturated/α-hetero) is 1. The first-order valence-electron chi connectivity index (χ1n) is 6.32. The van der Waals surface area contributed by atoms with E-state index in [2.05, 4.69) is 11.8 Å². The van der Waals surface area contributed by atoms with Crippen LogP contribution in [-0.2, 0) is 0 Å². The molecule has 0 atom stereocenters. The van der Waals surface area contributed by atoms with Gasteiger partial charge in [-0.2, -0.15) is 0 Å². The van der Waals surface area contributed by atoms with Gasteiger partial charge >= 0.3 is 0 Å². The lowest BCUT2D eigenvalue weighted by Gasteiger charge is -2.15. The standard InChI is InChI=1S/C14H19NO3/c1-3-4-7-15(2)9-12(16)11-5-6-13-14(8-11)18-10-17-13/h5-6,8H,3-4,7,9-10H2,1-2H3. The summed E-state index contributed by atoms with van der Waals surface area (Å²) in [5, 5.41) is 0. The second-order valence-electron chi connectivity index (χ2n) is 4.58. The molecule has 0 saturated carbocycles. The van der Waals surface area contributed by atoms with E-state index >= 15 is 0 Å². The molecule has 0 aliphatic carbocycles. The summed E-state index contributed by atoms with van der Waals surface area (Å²) >= 11 is 0. The molecule has 0 radical (unpaired) electrons. The monoisotopic (exact) mass is 249 g/mol. The molecular formula is C14H19NO3. The van der Waals surface area contributed by atoms with Crippen LogP contribution < -0.4 is 9.47 Å². The van der Waals surface area contributed by atoms with E-state index in [1.165, 1.54) is 0 Å². The van der Waals surface area contributed by atoms with Gasteiger partial charge in [-0.15, -0.1) is 0 Å². The second kappa shape index (κ2) is 5.87. The van der Waals surface area contributed by atoms with Gasteiger partial charge in [0.25, 0.3) is 0 Å². The third kappa shape index (κ3) is 3.01. The molecule has 0 amide bonds. The molecule has 0 N–H and O–H groups in total. The zero-order valence-corrected chi connectivity index (χ0v) is 10.9. The average molecular weight is 249 g/mol. The average Bonchev–Trinajstić information content (AvgIpc) is 2.83. The lowest BCUT2D eigenvalue weighted by molar-refractivity contribution is 0.0945. The number of rotatable bonds is 6. The summed E-state index contributed by atoms with van der Waals surface area (Å²) in [6.45, 7) is 3.78. The molecule has 0 unspecified atom stereocenters. The highest BCUT2D eigenvalue weighted by Gasteiger charge is 2.16. The predicted molar refractivity (Wildman–Crippen MR) is 69.3 cm³/mol. The van der Waals surface area contributed by atoms with Gasteiger partial charge < -0.3 is 9.47 Å². The number of hydrogen-bond acceptors (Lipinski definition) is 4. The molecule has 1 aliphatic rings. The van der Waals surface area contributed by atoms with Crippen LogP contribution >= 0.6 is 0 Å². The quantitative estimate of drug-likeness (QED) is 0.725. The van der Waals surface area contributed by atoms with Gasteiger partial charge in [-0.05, 0) is 38.2 Å². The summed E-state index contributed by atoms with van der Waals surface area (Å²) in [5.74, 6) is 1.50. The molecule has 1 aliphatic heterocycles. The number of carbonyl (C=O) groups excluding carboxylic acids is 1. The summed E-state index contributed by atoms with van der Waals surface area (Å²) in [4.78, 5) is 14.1. The van der Waals surface area contributed by atoms with Crippen molar-refractivity contribution in [2.24, 2.45) is 0 Å². The minimum atomic E-state index is 0.118. The minimum Gasteiger partial charge on any atom is -0.454 e. The van der Waals surface area contributed by atoms with Gasteiger partial charge in [-0.3, -0.25) is 9.69 Å². The highest BCUT2D eigenvalue weighted by molar-refractivity contribution is 5.98. The third-order valence-electron chi connectivity index (χ3n) is 3.00. The highest BCUT2D eigenvalue weighted by atomic mass is 16.7. The number of ether oxygens (including phenoxy) is 2. The molecule has 0 bridgehead atoms. The van der Waals surface area contributed by atoms with Crippen molar-refractivity contribution in [3.8, 4) is 11.5 Å². The summed E-state index contributed by atoms with van der Waals surface area (Å²) in [6, 6.07) is 5.35. The van der Waals surface area contributed by atoms with Crippen LogP contribution in [-0.4, -0.2) is 37.6 Å². The Morgan fingerprint density at radius 3 is 2.89 bits per heavy atom. The molecular weight excluding hydrogens is 230 g/mol. The van der Waals surface area contributed by atoms with Crippen molar-refractivity contribution in [1.82, 2.24) is 4.90 Å². The van der Waals surface area contributed by atoms with Crippen LogP contribution in [0.1, 0.15) is 30.1 Å². The van der Waals surface area contributed by atoms with Crippen LogP contribution in [0.25, 0.3) is 0 Å². The van der Waals surface area contributed by atoms with Gasteiger partial charge in [0.05, 0.1) is 6.54 Å². The fraction of sp³-hybridized carbons (Fsp3) is 0.500. The van der Waals surface area contributed by atoms with E-state index in [1.54, 1.807) is 18.2 Å². The summed E-state index contributed by atoms with van der Waals surface area (Å²) < 4.78 is 10.5. The van der Waals surface area contributed by atoms with Gasteiger partial charge in [0.2, 0.25) is 6.79 Å². The van der Waals surface area contributed by atoms with E-state index in [1.807, 2.05) is 7.05 Å². The van der Waals surface area contributed by atoms with Crippen LogP contribution in [0.2, 0.25) is 0 Å². The third-order valence-corrected chi connectivity index (χ3v) is 3.00. The molecule has 0 aromatic heterocycles. The Balaban J connectivity index is 1.96. The van der Waals surface area contributed by atoms with Crippen molar-refractivity contribution in [2.75, 3.05) is 26.9 Å². The zero-order valence-electron chi connectivity index (χ0n) is 10.9. The Kier molecular flexibility index (Phi) is 4.20. The molecule has 0 saturated heterocycles. The number of unbranched alkanes of at least 4 members (excludes halogenated alkanes) is 1. The summed E-state index contributed by atoms with van der Waals surface area (Å²) in [6.07, 6.45) is 2.26. The Bertz CT molecular complexity index is 431.